The highest BCUT2D eigenvalue weighted by atomic mass is 16.5. The maximum absolute atomic E-state index is 13.1. The smallest absolute Gasteiger partial charge is 0.353 e. The second-order valence-electron chi connectivity index (χ2n) is 6.49. The Labute approximate surface area is 164 Å². The molecular weight excluding hydrogens is 352 g/mol. The summed E-state index contributed by atoms with van der Waals surface area (Å²) in [5.41, 5.74) is 9.40. The van der Waals surface area contributed by atoms with Crippen molar-refractivity contribution in [1.82, 2.24) is 15.9 Å². The summed E-state index contributed by atoms with van der Waals surface area (Å²) in [5.74, 6) is 0.789. The van der Waals surface area contributed by atoms with Crippen LogP contribution in [0.1, 0.15) is 17.3 Å². The SMILES string of the molecule is COc1ccc(C2NN(Cc3ccccc3)C(=O)N(c3ccccc3)N2)cc1. The number of hydrazine groups is 2. The van der Waals surface area contributed by atoms with E-state index in [2.05, 4.69) is 10.9 Å². The first-order valence-corrected chi connectivity index (χ1v) is 9.11. The number of nitrogens with zero attached hydrogens (tertiary/aromatic N) is 2. The van der Waals surface area contributed by atoms with Gasteiger partial charge in [0.05, 0.1) is 19.3 Å². The second kappa shape index (κ2) is 8.12. The van der Waals surface area contributed by atoms with Crippen molar-refractivity contribution in [2.24, 2.45) is 0 Å². The second-order valence-corrected chi connectivity index (χ2v) is 6.49. The fourth-order valence-corrected chi connectivity index (χ4v) is 3.13. The normalized spacial score (nSPS) is 16.9. The van der Waals surface area contributed by atoms with Gasteiger partial charge in [-0.1, -0.05) is 60.7 Å². The molecule has 0 aromatic heterocycles. The summed E-state index contributed by atoms with van der Waals surface area (Å²) >= 11 is 0. The fraction of sp³-hybridized carbons (Fsp3) is 0.136. The highest BCUT2D eigenvalue weighted by Gasteiger charge is 2.32. The quantitative estimate of drug-likeness (QED) is 0.712. The summed E-state index contributed by atoms with van der Waals surface area (Å²) < 4.78 is 5.25. The molecule has 0 aliphatic carbocycles. The van der Waals surface area contributed by atoms with Crippen molar-refractivity contribution in [2.75, 3.05) is 12.1 Å². The number of hydrogen-bond donors (Lipinski definition) is 2. The van der Waals surface area contributed by atoms with E-state index in [1.807, 2.05) is 84.9 Å². The molecule has 1 unspecified atom stereocenters. The molecule has 0 radical (unpaired) electrons. The first-order chi connectivity index (χ1) is 13.7. The lowest BCUT2D eigenvalue weighted by Gasteiger charge is -2.41. The Morgan fingerprint density at radius 3 is 2.14 bits per heavy atom. The molecular formula is C22H22N4O2. The van der Waals surface area contributed by atoms with Gasteiger partial charge in [-0.25, -0.2) is 20.7 Å². The van der Waals surface area contributed by atoms with Crippen LogP contribution in [-0.2, 0) is 6.54 Å². The average Bonchev–Trinajstić information content (AvgIpc) is 2.76. The van der Waals surface area contributed by atoms with Crippen molar-refractivity contribution in [3.63, 3.8) is 0 Å². The number of hydrogen-bond acceptors (Lipinski definition) is 4. The Bertz CT molecular complexity index is 916. The highest BCUT2D eigenvalue weighted by Crippen LogP contribution is 2.24. The molecule has 3 aromatic rings. The Morgan fingerprint density at radius 2 is 1.50 bits per heavy atom. The molecule has 1 fully saturated rings. The zero-order chi connectivity index (χ0) is 19.3. The van der Waals surface area contributed by atoms with Crippen molar-refractivity contribution in [3.8, 4) is 5.75 Å². The molecule has 28 heavy (non-hydrogen) atoms. The number of urea groups is 1. The van der Waals surface area contributed by atoms with Crippen LogP contribution < -0.4 is 20.6 Å². The van der Waals surface area contributed by atoms with Crippen LogP contribution in [0.4, 0.5) is 10.5 Å². The van der Waals surface area contributed by atoms with Crippen molar-refractivity contribution in [2.45, 2.75) is 12.7 Å². The predicted octanol–water partition coefficient (Wildman–Crippen LogP) is 3.85. The molecule has 2 amide bonds. The molecule has 1 aliphatic rings. The van der Waals surface area contributed by atoms with Gasteiger partial charge in [-0.05, 0) is 35.4 Å². The topological polar surface area (TPSA) is 56.8 Å². The summed E-state index contributed by atoms with van der Waals surface area (Å²) in [5, 5.41) is 3.21. The van der Waals surface area contributed by atoms with E-state index in [1.54, 1.807) is 17.1 Å². The molecule has 0 bridgehead atoms. The van der Waals surface area contributed by atoms with Crippen LogP contribution in [0.15, 0.2) is 84.9 Å². The molecule has 142 valence electrons. The number of methoxy groups -OCH3 is 1. The summed E-state index contributed by atoms with van der Waals surface area (Å²) in [7, 11) is 1.64. The molecule has 0 spiro atoms. The molecule has 6 nitrogen and oxygen atoms in total. The minimum absolute atomic E-state index is 0.167. The van der Waals surface area contributed by atoms with Crippen LogP contribution in [0.3, 0.4) is 0 Å². The number of rotatable bonds is 5. The van der Waals surface area contributed by atoms with E-state index >= 15 is 0 Å². The third-order valence-electron chi connectivity index (χ3n) is 4.61. The third-order valence-corrected chi connectivity index (χ3v) is 4.61. The lowest BCUT2D eigenvalue weighted by atomic mass is 10.1. The van der Waals surface area contributed by atoms with Crippen molar-refractivity contribution < 1.29 is 9.53 Å². The van der Waals surface area contributed by atoms with Crippen molar-refractivity contribution in [1.29, 1.82) is 0 Å². The molecule has 0 saturated carbocycles. The summed E-state index contributed by atoms with van der Waals surface area (Å²) in [4.78, 5) is 13.1. The highest BCUT2D eigenvalue weighted by molar-refractivity contribution is 5.91. The van der Waals surface area contributed by atoms with Crippen LogP contribution in [0.5, 0.6) is 5.75 Å². The van der Waals surface area contributed by atoms with E-state index in [9.17, 15) is 4.79 Å². The number of nitrogens with one attached hydrogen (secondary N) is 2. The Kier molecular flexibility index (Phi) is 5.23. The first-order valence-electron chi connectivity index (χ1n) is 9.11. The van der Waals surface area contributed by atoms with E-state index in [-0.39, 0.29) is 12.2 Å². The zero-order valence-electron chi connectivity index (χ0n) is 15.6. The standard InChI is InChI=1S/C22H22N4O2/c1-28-20-14-12-18(13-15-20)21-23-25(16-17-8-4-2-5-9-17)22(27)26(24-21)19-10-6-3-7-11-19/h2-15,21,23-24H,16H2,1H3. The van der Waals surface area contributed by atoms with E-state index in [0.717, 1.165) is 22.6 Å². The van der Waals surface area contributed by atoms with Crippen molar-refractivity contribution in [3.05, 3.63) is 96.1 Å². The predicted molar refractivity (Wildman–Crippen MR) is 108 cm³/mol. The van der Waals surface area contributed by atoms with E-state index in [1.165, 1.54) is 0 Å². The number of para-hydroxylation sites is 1. The van der Waals surface area contributed by atoms with Crippen LogP contribution in [0.2, 0.25) is 0 Å². The molecule has 6 heteroatoms. The minimum Gasteiger partial charge on any atom is -0.497 e. The molecule has 3 aromatic carbocycles. The number of benzene rings is 3. The van der Waals surface area contributed by atoms with Gasteiger partial charge >= 0.3 is 6.03 Å². The van der Waals surface area contributed by atoms with Gasteiger partial charge in [0.15, 0.2) is 0 Å². The summed E-state index contributed by atoms with van der Waals surface area (Å²) in [6, 6.07) is 27.1. The van der Waals surface area contributed by atoms with E-state index < -0.39 is 0 Å². The van der Waals surface area contributed by atoms with Crippen LogP contribution in [-0.4, -0.2) is 18.1 Å². The number of carbonyl (C=O) groups is 1. The van der Waals surface area contributed by atoms with Gasteiger partial charge in [0.1, 0.15) is 11.9 Å². The molecule has 1 heterocycles. The fourth-order valence-electron chi connectivity index (χ4n) is 3.13. The Hall–Kier alpha value is -3.35. The lowest BCUT2D eigenvalue weighted by molar-refractivity contribution is 0.120. The number of amides is 2. The van der Waals surface area contributed by atoms with E-state index in [0.29, 0.717) is 6.54 Å². The van der Waals surface area contributed by atoms with E-state index in [4.69, 9.17) is 4.74 Å². The van der Waals surface area contributed by atoms with Gasteiger partial charge < -0.3 is 4.74 Å². The number of anilines is 1. The minimum atomic E-state index is -0.271. The van der Waals surface area contributed by atoms with Crippen LogP contribution >= 0.6 is 0 Å². The monoisotopic (exact) mass is 374 g/mol. The summed E-state index contributed by atoms with van der Waals surface area (Å²) in [6.45, 7) is 0.456. The molecule has 1 atom stereocenters. The number of ether oxygens (including phenoxy) is 1. The van der Waals surface area contributed by atoms with Crippen LogP contribution in [0.25, 0.3) is 0 Å². The average molecular weight is 374 g/mol. The van der Waals surface area contributed by atoms with Gasteiger partial charge in [0.25, 0.3) is 0 Å². The summed E-state index contributed by atoms with van der Waals surface area (Å²) in [6.07, 6.45) is -0.271. The molecule has 2 N–H and O–H groups in total. The maximum Gasteiger partial charge on any atom is 0.353 e. The third kappa shape index (κ3) is 3.83. The maximum atomic E-state index is 13.1. The van der Waals surface area contributed by atoms with Gasteiger partial charge in [-0.15, -0.1) is 0 Å². The van der Waals surface area contributed by atoms with Gasteiger partial charge in [-0.2, -0.15) is 0 Å². The van der Waals surface area contributed by atoms with Gasteiger partial charge in [0.2, 0.25) is 0 Å². The lowest BCUT2D eigenvalue weighted by Crippen LogP contribution is -2.64. The Balaban J connectivity index is 1.64. The molecule has 1 aliphatic heterocycles. The van der Waals surface area contributed by atoms with Crippen molar-refractivity contribution >= 4 is 11.7 Å². The number of carbonyl (C=O) groups excluding carboxylic acids is 1. The molecule has 4 rings (SSSR count). The first kappa shape index (κ1) is 18.0. The Morgan fingerprint density at radius 1 is 0.857 bits per heavy atom. The largest absolute Gasteiger partial charge is 0.497 e. The van der Waals surface area contributed by atoms with Crippen LogP contribution in [0, 0.1) is 0 Å². The van der Waals surface area contributed by atoms with Gasteiger partial charge in [-0.3, -0.25) is 5.01 Å². The zero-order valence-corrected chi connectivity index (χ0v) is 15.6. The molecule has 1 saturated heterocycles. The van der Waals surface area contributed by atoms with Gasteiger partial charge in [0, 0.05) is 0 Å².